The van der Waals surface area contributed by atoms with Gasteiger partial charge in [0, 0.05) is 69.4 Å². The number of rotatable bonds is 17. The van der Waals surface area contributed by atoms with E-state index in [1.807, 2.05) is 103 Å². The molecule has 3 amide bonds. The summed E-state index contributed by atoms with van der Waals surface area (Å²) in [7, 11) is 0. The Balaban J connectivity index is 0.000000228. The summed E-state index contributed by atoms with van der Waals surface area (Å²) in [4.78, 5) is 58.7. The SMILES string of the molecule is Cl.N[C@@H](Cc1cccnc1)C(=O)Nc1ccc(SCc2ccccc2)cc1.O=C(N[C@@H](Cc1cccnc1)C(=O)Nc1ccc(SCc2ccccc2)cc1)c1ccc(F)cc1.O=C(O)c1ccc(F)cc1. The smallest absolute Gasteiger partial charge is 0.335 e. The van der Waals surface area contributed by atoms with Gasteiger partial charge in [0.2, 0.25) is 11.8 Å². The third kappa shape index (κ3) is 19.2. The number of hydrogen-bond donors (Lipinski definition) is 5. The summed E-state index contributed by atoms with van der Waals surface area (Å²) in [6.07, 6.45) is 7.46. The molecule has 0 unspecified atom stereocenters. The fourth-order valence-electron chi connectivity index (χ4n) is 6.48. The Morgan fingerprint density at radius 3 is 1.36 bits per heavy atom. The summed E-state index contributed by atoms with van der Waals surface area (Å²) >= 11 is 3.48. The molecule has 0 saturated carbocycles. The van der Waals surface area contributed by atoms with Crippen LogP contribution < -0.4 is 21.7 Å². The number of carboxylic acid groups (broad SMARTS) is 1. The number of carbonyl (C=O) groups is 4. The van der Waals surface area contributed by atoms with Gasteiger partial charge in [-0.3, -0.25) is 24.4 Å². The van der Waals surface area contributed by atoms with Crippen molar-refractivity contribution in [3.05, 3.63) is 252 Å². The largest absolute Gasteiger partial charge is 0.478 e. The summed E-state index contributed by atoms with van der Waals surface area (Å²) in [5, 5.41) is 16.9. The van der Waals surface area contributed by atoms with E-state index < -0.39 is 35.6 Å². The van der Waals surface area contributed by atoms with Gasteiger partial charge in [0.25, 0.3) is 5.91 Å². The van der Waals surface area contributed by atoms with E-state index in [2.05, 4.69) is 50.2 Å². The van der Waals surface area contributed by atoms with Gasteiger partial charge in [0.15, 0.2) is 0 Å². The van der Waals surface area contributed by atoms with Crippen molar-refractivity contribution in [2.75, 3.05) is 10.6 Å². The fraction of sp³-hybridized carbons (Fsp3) is 0.107. The van der Waals surface area contributed by atoms with Crippen LogP contribution in [-0.2, 0) is 33.9 Å². The average Bonchev–Trinajstić information content (AvgIpc) is 3.40. The first-order valence-corrected chi connectivity index (χ1v) is 24.2. The molecule has 0 radical (unpaired) electrons. The molecule has 11 nitrogen and oxygen atoms in total. The first kappa shape index (κ1) is 55.2. The molecule has 0 aliphatic heterocycles. The van der Waals surface area contributed by atoms with E-state index in [0.717, 1.165) is 50.2 Å². The number of aromatic nitrogens is 2. The summed E-state index contributed by atoms with van der Waals surface area (Å²) < 4.78 is 25.4. The van der Waals surface area contributed by atoms with Crippen molar-refractivity contribution >= 4 is 71.0 Å². The number of carbonyl (C=O) groups excluding carboxylic acids is 3. The zero-order valence-corrected chi connectivity index (χ0v) is 41.1. The highest BCUT2D eigenvalue weighted by Gasteiger charge is 2.23. The number of anilines is 2. The van der Waals surface area contributed by atoms with Crippen molar-refractivity contribution in [1.29, 1.82) is 0 Å². The maximum atomic E-state index is 13.2. The third-order valence-corrected chi connectivity index (χ3v) is 12.4. The number of amides is 3. The molecule has 72 heavy (non-hydrogen) atoms. The molecule has 6 N–H and O–H groups in total. The summed E-state index contributed by atoms with van der Waals surface area (Å²) in [6, 6.07) is 51.8. The predicted octanol–water partition coefficient (Wildman–Crippen LogP) is 11.3. The minimum absolute atomic E-state index is 0. The van der Waals surface area contributed by atoms with Crippen LogP contribution in [0.1, 0.15) is 43.0 Å². The van der Waals surface area contributed by atoms with Crippen LogP contribution in [0.2, 0.25) is 0 Å². The molecule has 0 bridgehead atoms. The molecule has 0 spiro atoms. The Labute approximate surface area is 431 Å². The van der Waals surface area contributed by atoms with E-state index in [1.165, 1.54) is 47.5 Å². The number of carboxylic acids is 1. The maximum Gasteiger partial charge on any atom is 0.335 e. The lowest BCUT2D eigenvalue weighted by Crippen LogP contribution is -2.45. The van der Waals surface area contributed by atoms with Crippen LogP contribution in [0.25, 0.3) is 0 Å². The van der Waals surface area contributed by atoms with Gasteiger partial charge in [0.05, 0.1) is 11.6 Å². The van der Waals surface area contributed by atoms with Gasteiger partial charge in [-0.05, 0) is 138 Å². The molecule has 6 aromatic carbocycles. The molecular weight excluding hydrogens is 974 g/mol. The molecule has 8 aromatic rings. The van der Waals surface area contributed by atoms with Crippen LogP contribution in [-0.4, -0.2) is 50.8 Å². The Morgan fingerprint density at radius 2 is 0.931 bits per heavy atom. The number of benzene rings is 6. The standard InChI is InChI=1S/C28H24FN3O2S.C21H21N3OS.C7H5FO2.ClH/c29-23-10-8-22(9-11-23)27(33)32-26(17-21-7-4-16-30-18-21)28(34)31-24-12-14-25(15-13-24)35-19-20-5-2-1-3-6-20;22-20(13-17-7-4-12-23-14-17)21(25)24-18-8-10-19(11-9-18)26-15-16-5-2-1-3-6-16;8-6-3-1-5(2-4-6)7(9)10;/h1-16,18,26H,17,19H2,(H,31,34)(H,32,33);1-12,14,20H,13,15,22H2,(H,24,25);1-4H,(H,9,10);1H/t26-;20-;;/m00../s1. The number of halogens is 3. The molecule has 8 rings (SSSR count). The van der Waals surface area contributed by atoms with Crippen molar-refractivity contribution in [3.63, 3.8) is 0 Å². The van der Waals surface area contributed by atoms with Gasteiger partial charge in [-0.1, -0.05) is 72.8 Å². The molecular formula is C56H51ClF2N6O5S2. The Morgan fingerprint density at radius 1 is 0.514 bits per heavy atom. The molecule has 2 heterocycles. The first-order valence-electron chi connectivity index (χ1n) is 22.2. The number of thioether (sulfide) groups is 2. The van der Waals surface area contributed by atoms with E-state index in [9.17, 15) is 28.0 Å². The monoisotopic (exact) mass is 1020 g/mol. The van der Waals surface area contributed by atoms with Crippen molar-refractivity contribution in [1.82, 2.24) is 15.3 Å². The highest BCUT2D eigenvalue weighted by molar-refractivity contribution is 7.98. The van der Waals surface area contributed by atoms with Gasteiger partial charge in [-0.25, -0.2) is 13.6 Å². The second-order valence-electron chi connectivity index (χ2n) is 15.7. The third-order valence-electron chi connectivity index (χ3n) is 10.2. The van der Waals surface area contributed by atoms with Gasteiger partial charge in [-0.2, -0.15) is 0 Å². The lowest BCUT2D eigenvalue weighted by atomic mass is 10.1. The lowest BCUT2D eigenvalue weighted by molar-refractivity contribution is -0.118. The molecule has 0 saturated heterocycles. The van der Waals surface area contributed by atoms with Crippen LogP contribution in [0.15, 0.2) is 217 Å². The number of nitrogens with two attached hydrogens (primary N) is 1. The highest BCUT2D eigenvalue weighted by Crippen LogP contribution is 2.26. The van der Waals surface area contributed by atoms with Gasteiger partial charge >= 0.3 is 5.97 Å². The number of aromatic carboxylic acids is 1. The van der Waals surface area contributed by atoms with Crippen molar-refractivity contribution < 1.29 is 33.1 Å². The Bertz CT molecular complexity index is 2900. The highest BCUT2D eigenvalue weighted by atomic mass is 35.5. The zero-order valence-electron chi connectivity index (χ0n) is 38.6. The molecule has 2 atom stereocenters. The van der Waals surface area contributed by atoms with E-state index in [-0.39, 0.29) is 41.8 Å². The molecule has 0 aliphatic carbocycles. The fourth-order valence-corrected chi connectivity index (χ4v) is 8.19. The van der Waals surface area contributed by atoms with Crippen LogP contribution in [0, 0.1) is 11.6 Å². The van der Waals surface area contributed by atoms with Gasteiger partial charge in [0.1, 0.15) is 17.7 Å². The average molecular weight is 1030 g/mol. The molecule has 368 valence electrons. The first-order chi connectivity index (χ1) is 34.5. The number of pyridine rings is 2. The van der Waals surface area contributed by atoms with Crippen LogP contribution in [0.4, 0.5) is 20.2 Å². The summed E-state index contributed by atoms with van der Waals surface area (Å²) in [5.41, 5.74) is 12.0. The Kier molecular flexibility index (Phi) is 22.6. The van der Waals surface area contributed by atoms with Crippen LogP contribution in [0.5, 0.6) is 0 Å². The number of nitrogens with one attached hydrogen (secondary N) is 3. The van der Waals surface area contributed by atoms with E-state index in [1.54, 1.807) is 54.4 Å². The molecule has 16 heteroatoms. The quantitative estimate of drug-likeness (QED) is 0.0552. The molecule has 0 aliphatic rings. The Hall–Kier alpha value is -7.69. The van der Waals surface area contributed by atoms with Crippen molar-refractivity contribution in [2.24, 2.45) is 5.73 Å². The van der Waals surface area contributed by atoms with E-state index in [4.69, 9.17) is 10.8 Å². The van der Waals surface area contributed by atoms with Crippen LogP contribution >= 0.6 is 35.9 Å². The van der Waals surface area contributed by atoms with Gasteiger partial charge < -0.3 is 26.8 Å². The van der Waals surface area contributed by atoms with Crippen molar-refractivity contribution in [2.45, 2.75) is 46.2 Å². The summed E-state index contributed by atoms with van der Waals surface area (Å²) in [6.45, 7) is 0. The zero-order chi connectivity index (χ0) is 50.2. The second kappa shape index (κ2) is 29.5. The minimum Gasteiger partial charge on any atom is -0.478 e. The van der Waals surface area contributed by atoms with Crippen molar-refractivity contribution in [3.8, 4) is 0 Å². The topological polar surface area (TPSA) is 176 Å². The van der Waals surface area contributed by atoms with Gasteiger partial charge in [-0.15, -0.1) is 35.9 Å². The predicted molar refractivity (Wildman–Crippen MR) is 284 cm³/mol. The number of hydrogen-bond acceptors (Lipinski definition) is 9. The molecule has 2 aromatic heterocycles. The van der Waals surface area contributed by atoms with Crippen LogP contribution in [0.3, 0.4) is 0 Å². The normalized spacial score (nSPS) is 11.1. The van der Waals surface area contributed by atoms with E-state index in [0.29, 0.717) is 12.1 Å². The number of nitrogens with zero attached hydrogens (tertiary/aromatic N) is 2. The summed E-state index contributed by atoms with van der Waals surface area (Å²) in [5.74, 6) is -1.13. The lowest BCUT2D eigenvalue weighted by Gasteiger charge is -2.19. The molecule has 0 fully saturated rings. The maximum absolute atomic E-state index is 13.2. The van der Waals surface area contributed by atoms with E-state index >= 15 is 0 Å². The second-order valence-corrected chi connectivity index (χ2v) is 17.8. The minimum atomic E-state index is -1.04.